The maximum Gasteiger partial charge on any atom is 0.277 e. The number of H-pyrrole nitrogens is 2. The topological polar surface area (TPSA) is 100 Å². The largest absolute Gasteiger partial charge is 0.410 e. The summed E-state index contributed by atoms with van der Waals surface area (Å²) < 4.78 is 5.68. The van der Waals surface area contributed by atoms with Crippen molar-refractivity contribution in [3.8, 4) is 22.0 Å². The van der Waals surface area contributed by atoms with Crippen molar-refractivity contribution >= 4 is 44.7 Å². The first kappa shape index (κ1) is 17.4. The molecule has 0 bridgehead atoms. The molecule has 140 valence electrons. The van der Waals surface area contributed by atoms with Gasteiger partial charge in [-0.1, -0.05) is 17.8 Å². The van der Waals surface area contributed by atoms with Crippen molar-refractivity contribution in [3.05, 3.63) is 57.4 Å². The molecule has 0 spiro atoms. The van der Waals surface area contributed by atoms with Crippen LogP contribution in [0.1, 0.15) is 18.0 Å². The van der Waals surface area contributed by atoms with Gasteiger partial charge < -0.3 is 14.4 Å². The van der Waals surface area contributed by atoms with Crippen LogP contribution in [-0.4, -0.2) is 25.1 Å². The number of rotatable bonds is 5. The van der Waals surface area contributed by atoms with E-state index in [9.17, 15) is 4.79 Å². The Morgan fingerprint density at radius 2 is 2.14 bits per heavy atom. The fourth-order valence-electron chi connectivity index (χ4n) is 2.81. The third-order valence-corrected chi connectivity index (χ3v) is 6.87. The Morgan fingerprint density at radius 1 is 1.21 bits per heavy atom. The first-order chi connectivity index (χ1) is 13.7. The van der Waals surface area contributed by atoms with Crippen LogP contribution < -0.4 is 5.56 Å². The number of aromatic nitrogens is 5. The van der Waals surface area contributed by atoms with E-state index < -0.39 is 0 Å². The molecule has 0 fully saturated rings. The summed E-state index contributed by atoms with van der Waals surface area (Å²) in [6.45, 7) is 1.95. The summed E-state index contributed by atoms with van der Waals surface area (Å²) in [5, 5.41) is 13.0. The molecule has 0 amide bonds. The molecule has 28 heavy (non-hydrogen) atoms. The Kier molecular flexibility index (Phi) is 4.38. The molecule has 0 aromatic carbocycles. The minimum Gasteiger partial charge on any atom is -0.410 e. The predicted octanol–water partition coefficient (Wildman–Crippen LogP) is 4.94. The third-order valence-electron chi connectivity index (χ3n) is 4.15. The number of aromatic amines is 2. The molecule has 5 aromatic rings. The van der Waals surface area contributed by atoms with Crippen molar-refractivity contribution in [2.45, 2.75) is 17.4 Å². The first-order valence-corrected chi connectivity index (χ1v) is 11.0. The van der Waals surface area contributed by atoms with Gasteiger partial charge in [-0.25, -0.2) is 4.98 Å². The summed E-state index contributed by atoms with van der Waals surface area (Å²) in [6, 6.07) is 7.71. The molecule has 5 aromatic heterocycles. The monoisotopic (exact) mass is 427 g/mol. The molecule has 5 rings (SSSR count). The molecule has 5 heterocycles. The van der Waals surface area contributed by atoms with Gasteiger partial charge >= 0.3 is 0 Å². The number of fused-ring (bicyclic) bond motifs is 1. The van der Waals surface area contributed by atoms with Crippen molar-refractivity contribution in [1.29, 1.82) is 0 Å². The average molecular weight is 428 g/mol. The van der Waals surface area contributed by atoms with E-state index in [-0.39, 0.29) is 10.8 Å². The zero-order valence-corrected chi connectivity index (χ0v) is 17.0. The highest BCUT2D eigenvalue weighted by atomic mass is 32.2. The second-order valence-corrected chi connectivity index (χ2v) is 9.07. The van der Waals surface area contributed by atoms with E-state index in [1.165, 1.54) is 23.1 Å². The summed E-state index contributed by atoms with van der Waals surface area (Å²) >= 11 is 4.44. The quantitative estimate of drug-likeness (QED) is 0.385. The second kappa shape index (κ2) is 7.04. The van der Waals surface area contributed by atoms with E-state index in [0.717, 1.165) is 21.0 Å². The number of nitrogens with zero attached hydrogens (tertiary/aromatic N) is 3. The second-order valence-electron chi connectivity index (χ2n) is 5.97. The van der Waals surface area contributed by atoms with Crippen LogP contribution in [0.5, 0.6) is 0 Å². The van der Waals surface area contributed by atoms with Crippen LogP contribution in [0.2, 0.25) is 0 Å². The molecule has 0 saturated carbocycles. The van der Waals surface area contributed by atoms with Gasteiger partial charge in [-0.2, -0.15) is 0 Å². The minimum atomic E-state index is -0.152. The normalized spacial score (nSPS) is 12.6. The molecular weight excluding hydrogens is 414 g/mol. The molecule has 0 aliphatic heterocycles. The SMILES string of the molecule is C[C@H](Sc1nnc(-c2ccc[nH]2)o1)c1nc2scc(-c3cccs3)c2c(=O)[nH]1. The van der Waals surface area contributed by atoms with E-state index >= 15 is 0 Å². The standard InChI is InChI=1S/C18H13N5O2S3/c1-9(28-18-23-22-16(25-18)11-4-2-6-19-11)14-20-15(24)13-10(8-27-17(13)21-14)12-5-3-7-26-12/h2-9,19H,1H3,(H,20,21,24)/t9-/m0/s1. The summed E-state index contributed by atoms with van der Waals surface area (Å²) in [5.74, 6) is 1.01. The van der Waals surface area contributed by atoms with E-state index in [1.807, 2.05) is 41.9 Å². The molecule has 10 heteroatoms. The fraction of sp³-hybridized carbons (Fsp3) is 0.111. The van der Waals surface area contributed by atoms with Gasteiger partial charge in [0.25, 0.3) is 16.7 Å². The number of hydrogen-bond acceptors (Lipinski definition) is 8. The smallest absolute Gasteiger partial charge is 0.277 e. The molecule has 2 N–H and O–H groups in total. The van der Waals surface area contributed by atoms with Crippen LogP contribution in [0, 0.1) is 0 Å². The Labute approximate surface area is 170 Å². The van der Waals surface area contributed by atoms with Gasteiger partial charge in [0.2, 0.25) is 0 Å². The molecule has 0 aliphatic carbocycles. The van der Waals surface area contributed by atoms with E-state index in [0.29, 0.717) is 22.3 Å². The maximum absolute atomic E-state index is 12.7. The lowest BCUT2D eigenvalue weighted by atomic mass is 10.2. The van der Waals surface area contributed by atoms with Crippen LogP contribution in [0.15, 0.2) is 55.7 Å². The highest BCUT2D eigenvalue weighted by Crippen LogP contribution is 2.36. The summed E-state index contributed by atoms with van der Waals surface area (Å²) in [4.78, 5) is 25.2. The van der Waals surface area contributed by atoms with Crippen LogP contribution in [0.3, 0.4) is 0 Å². The lowest BCUT2D eigenvalue weighted by Crippen LogP contribution is -2.12. The van der Waals surface area contributed by atoms with Crippen LogP contribution in [-0.2, 0) is 0 Å². The number of hydrogen-bond donors (Lipinski definition) is 2. The van der Waals surface area contributed by atoms with Gasteiger partial charge in [0.05, 0.1) is 10.6 Å². The van der Waals surface area contributed by atoms with Crippen molar-refractivity contribution in [2.75, 3.05) is 0 Å². The lowest BCUT2D eigenvalue weighted by molar-refractivity contribution is 0.463. The molecule has 0 unspecified atom stereocenters. The lowest BCUT2D eigenvalue weighted by Gasteiger charge is -2.07. The highest BCUT2D eigenvalue weighted by Gasteiger charge is 2.19. The van der Waals surface area contributed by atoms with Gasteiger partial charge in [0.15, 0.2) is 0 Å². The van der Waals surface area contributed by atoms with Gasteiger partial charge in [0, 0.05) is 22.0 Å². The molecule has 0 aliphatic rings. The van der Waals surface area contributed by atoms with Crippen molar-refractivity contribution < 1.29 is 4.42 Å². The molecule has 0 saturated heterocycles. The molecule has 0 radical (unpaired) electrons. The Hall–Kier alpha value is -2.69. The summed E-state index contributed by atoms with van der Waals surface area (Å²) in [6.07, 6.45) is 1.80. The van der Waals surface area contributed by atoms with Gasteiger partial charge in [-0.15, -0.1) is 32.9 Å². The van der Waals surface area contributed by atoms with E-state index in [4.69, 9.17) is 4.42 Å². The third kappa shape index (κ3) is 3.09. The van der Waals surface area contributed by atoms with Crippen LogP contribution >= 0.6 is 34.4 Å². The van der Waals surface area contributed by atoms with Crippen molar-refractivity contribution in [3.63, 3.8) is 0 Å². The number of thiophene rings is 2. The summed E-state index contributed by atoms with van der Waals surface area (Å²) in [7, 11) is 0. The predicted molar refractivity (Wildman–Crippen MR) is 112 cm³/mol. The Balaban J connectivity index is 1.44. The van der Waals surface area contributed by atoms with Crippen LogP contribution in [0.25, 0.3) is 32.2 Å². The fourth-order valence-corrected chi connectivity index (χ4v) is 5.32. The molecular formula is C18H13N5O2S3. The minimum absolute atomic E-state index is 0.130. The molecule has 1 atom stereocenters. The zero-order valence-electron chi connectivity index (χ0n) is 14.5. The van der Waals surface area contributed by atoms with Gasteiger partial charge in [-0.05, 0) is 30.5 Å². The van der Waals surface area contributed by atoms with Crippen LogP contribution in [0.4, 0.5) is 0 Å². The number of nitrogens with one attached hydrogen (secondary N) is 2. The Bertz CT molecular complexity index is 1280. The first-order valence-electron chi connectivity index (χ1n) is 8.38. The number of thioether (sulfide) groups is 1. The van der Waals surface area contributed by atoms with E-state index in [1.54, 1.807) is 17.5 Å². The summed E-state index contributed by atoms with van der Waals surface area (Å²) in [5.41, 5.74) is 1.57. The average Bonchev–Trinajstić information content (AvgIpc) is 3.46. The van der Waals surface area contributed by atoms with Crippen molar-refractivity contribution in [2.24, 2.45) is 0 Å². The molecule has 7 nitrogen and oxygen atoms in total. The van der Waals surface area contributed by atoms with Gasteiger partial charge in [0.1, 0.15) is 16.3 Å². The Morgan fingerprint density at radius 3 is 2.93 bits per heavy atom. The van der Waals surface area contributed by atoms with E-state index in [2.05, 4.69) is 25.1 Å². The van der Waals surface area contributed by atoms with Gasteiger partial charge in [-0.3, -0.25) is 4.79 Å². The van der Waals surface area contributed by atoms with Crippen molar-refractivity contribution in [1.82, 2.24) is 25.1 Å². The zero-order chi connectivity index (χ0) is 19.1. The highest BCUT2D eigenvalue weighted by molar-refractivity contribution is 7.99. The maximum atomic E-state index is 12.7.